The number of hydrogen-bond acceptors (Lipinski definition) is 12. The highest BCUT2D eigenvalue weighted by atomic mass is 16.5. The van der Waals surface area contributed by atoms with E-state index in [0.717, 1.165) is 11.1 Å². The minimum Gasteiger partial charge on any atom is -0.504 e. The highest BCUT2D eigenvalue weighted by molar-refractivity contribution is 5.82. The second-order valence-electron chi connectivity index (χ2n) is 13.6. The number of carbonyl (C=O) groups excluding carboxylic acids is 2. The van der Waals surface area contributed by atoms with Crippen molar-refractivity contribution in [3.63, 3.8) is 0 Å². The molecule has 4 atom stereocenters. The Kier molecular flexibility index (Phi) is 11.6. The molecule has 12 heteroatoms. The van der Waals surface area contributed by atoms with Crippen molar-refractivity contribution in [2.24, 2.45) is 23.7 Å². The molecule has 4 aromatic carbocycles. The molecule has 0 spiro atoms. The second kappa shape index (κ2) is 16.5. The van der Waals surface area contributed by atoms with Crippen LogP contribution < -0.4 is 28.4 Å². The molecular weight excluding hydrogens is 696 g/mol. The first-order valence-corrected chi connectivity index (χ1v) is 17.7. The molecule has 2 fully saturated rings. The van der Waals surface area contributed by atoms with Crippen LogP contribution in [0, 0.1) is 23.7 Å². The normalized spacial score (nSPS) is 19.2. The summed E-state index contributed by atoms with van der Waals surface area (Å²) in [5, 5.41) is 22.9. The standard InChI is InChI=1S/C42H46O12/c1-47-33-9-7-23(17-35(33)49-3)11-27-21-53-41(45)29(27)13-25-15-31(39(43)37(19-25)51-5)32-16-26(20-38(52-6)40(32)44)14-30-28(22-54-42(30)46)12-24-8-10-34(48-2)36(18-24)50-4/h7-10,15-20,27-30,43-44H,11-14,21-22H2,1-6H3. The summed E-state index contributed by atoms with van der Waals surface area (Å²) in [7, 11) is 9.18. The van der Waals surface area contributed by atoms with Gasteiger partial charge in [-0.15, -0.1) is 0 Å². The fourth-order valence-corrected chi connectivity index (χ4v) is 7.53. The number of cyclic esters (lactones) is 2. The number of methoxy groups -OCH3 is 6. The van der Waals surface area contributed by atoms with Crippen molar-refractivity contribution in [1.29, 1.82) is 0 Å². The van der Waals surface area contributed by atoms with Crippen LogP contribution in [-0.4, -0.2) is 78.0 Å². The SMILES string of the molecule is COc1ccc(CC2COC(=O)C2Cc2cc(OC)c(O)c(-c3cc(CC4C(=O)OCC4Cc4ccc(OC)c(OC)c4)cc(OC)c3O)c2)cc1OC. The molecule has 6 rings (SSSR count). The molecule has 2 saturated heterocycles. The van der Waals surface area contributed by atoms with E-state index >= 15 is 0 Å². The largest absolute Gasteiger partial charge is 0.504 e. The van der Waals surface area contributed by atoms with E-state index < -0.39 is 11.8 Å². The lowest BCUT2D eigenvalue weighted by Gasteiger charge is -2.20. The van der Waals surface area contributed by atoms with E-state index in [1.165, 1.54) is 14.2 Å². The predicted molar refractivity (Wildman–Crippen MR) is 198 cm³/mol. The third-order valence-electron chi connectivity index (χ3n) is 10.4. The van der Waals surface area contributed by atoms with Gasteiger partial charge in [0.1, 0.15) is 0 Å². The molecule has 54 heavy (non-hydrogen) atoms. The van der Waals surface area contributed by atoms with Gasteiger partial charge in [0.2, 0.25) is 0 Å². The highest BCUT2D eigenvalue weighted by Gasteiger charge is 2.39. The molecule has 4 unspecified atom stereocenters. The Hall–Kier alpha value is -5.78. The van der Waals surface area contributed by atoms with Gasteiger partial charge in [-0.2, -0.15) is 0 Å². The van der Waals surface area contributed by atoms with Crippen LogP contribution in [0.4, 0.5) is 0 Å². The predicted octanol–water partition coefficient (Wildman–Crippen LogP) is 5.97. The molecule has 0 radical (unpaired) electrons. The van der Waals surface area contributed by atoms with Crippen molar-refractivity contribution in [3.8, 4) is 57.1 Å². The monoisotopic (exact) mass is 742 g/mol. The average molecular weight is 743 g/mol. The number of phenols is 2. The molecule has 0 amide bonds. The first-order chi connectivity index (χ1) is 26.1. The molecule has 0 aromatic heterocycles. The number of esters is 2. The van der Waals surface area contributed by atoms with E-state index in [9.17, 15) is 19.8 Å². The van der Waals surface area contributed by atoms with Gasteiger partial charge in [-0.25, -0.2) is 0 Å². The van der Waals surface area contributed by atoms with Crippen LogP contribution in [0.15, 0.2) is 60.7 Å². The van der Waals surface area contributed by atoms with Crippen molar-refractivity contribution in [1.82, 2.24) is 0 Å². The zero-order valence-electron chi connectivity index (χ0n) is 31.3. The minimum atomic E-state index is -0.481. The third kappa shape index (κ3) is 7.78. The van der Waals surface area contributed by atoms with Crippen LogP contribution in [0.25, 0.3) is 11.1 Å². The Labute approximate surface area is 314 Å². The van der Waals surface area contributed by atoms with Gasteiger partial charge in [0, 0.05) is 23.0 Å². The fourth-order valence-electron chi connectivity index (χ4n) is 7.53. The van der Waals surface area contributed by atoms with Gasteiger partial charge in [0.25, 0.3) is 0 Å². The lowest BCUT2D eigenvalue weighted by atomic mass is 9.83. The Morgan fingerprint density at radius 3 is 1.19 bits per heavy atom. The zero-order valence-corrected chi connectivity index (χ0v) is 31.3. The van der Waals surface area contributed by atoms with Crippen molar-refractivity contribution < 1.29 is 57.7 Å². The van der Waals surface area contributed by atoms with Crippen molar-refractivity contribution in [2.45, 2.75) is 25.7 Å². The molecule has 286 valence electrons. The molecular formula is C42H46O12. The van der Waals surface area contributed by atoms with E-state index in [4.69, 9.17) is 37.9 Å². The van der Waals surface area contributed by atoms with Crippen LogP contribution in [0.2, 0.25) is 0 Å². The molecule has 2 aliphatic rings. The van der Waals surface area contributed by atoms with Crippen LogP contribution in [0.3, 0.4) is 0 Å². The van der Waals surface area contributed by atoms with Gasteiger partial charge in [-0.1, -0.05) is 12.1 Å². The quantitative estimate of drug-likeness (QED) is 0.138. The van der Waals surface area contributed by atoms with Crippen LogP contribution in [0.1, 0.15) is 22.3 Å². The fraction of sp³-hybridized carbons (Fsp3) is 0.381. The molecule has 0 bridgehead atoms. The van der Waals surface area contributed by atoms with Crippen molar-refractivity contribution >= 4 is 11.9 Å². The Bertz CT molecular complexity index is 1860. The van der Waals surface area contributed by atoms with Crippen LogP contribution in [0.5, 0.6) is 46.0 Å². The minimum absolute atomic E-state index is 0.131. The molecule has 12 nitrogen and oxygen atoms in total. The summed E-state index contributed by atoms with van der Waals surface area (Å²) in [4.78, 5) is 26.2. The first-order valence-electron chi connectivity index (χ1n) is 17.7. The van der Waals surface area contributed by atoms with E-state index in [2.05, 4.69) is 0 Å². The van der Waals surface area contributed by atoms with E-state index in [1.807, 2.05) is 36.4 Å². The number of hydrogen-bond donors (Lipinski definition) is 2. The van der Waals surface area contributed by atoms with Gasteiger partial charge in [0.15, 0.2) is 46.0 Å². The summed E-state index contributed by atoms with van der Waals surface area (Å²) in [5.41, 5.74) is 3.88. The molecule has 0 aliphatic carbocycles. The lowest BCUT2D eigenvalue weighted by Crippen LogP contribution is -2.21. The van der Waals surface area contributed by atoms with E-state index in [-0.39, 0.29) is 71.1 Å². The maximum atomic E-state index is 13.1. The van der Waals surface area contributed by atoms with Crippen molar-refractivity contribution in [2.75, 3.05) is 55.9 Å². The zero-order chi connectivity index (χ0) is 38.5. The maximum Gasteiger partial charge on any atom is 0.309 e. The Balaban J connectivity index is 1.29. The lowest BCUT2D eigenvalue weighted by molar-refractivity contribution is -0.142. The molecule has 2 N–H and O–H groups in total. The van der Waals surface area contributed by atoms with Gasteiger partial charge in [0.05, 0.1) is 67.7 Å². The summed E-state index contributed by atoms with van der Waals surface area (Å²) in [6, 6.07) is 18.2. The number of rotatable bonds is 15. The van der Waals surface area contributed by atoms with Crippen molar-refractivity contribution in [3.05, 3.63) is 82.9 Å². The second-order valence-corrected chi connectivity index (χ2v) is 13.6. The van der Waals surface area contributed by atoms with Crippen LogP contribution >= 0.6 is 0 Å². The summed E-state index contributed by atoms with van der Waals surface area (Å²) >= 11 is 0. The smallest absolute Gasteiger partial charge is 0.309 e. The highest BCUT2D eigenvalue weighted by Crippen LogP contribution is 2.47. The summed E-state index contributed by atoms with van der Waals surface area (Å²) in [6.45, 7) is 0.521. The maximum absolute atomic E-state index is 13.1. The number of phenolic OH excluding ortho intramolecular Hbond substituents is 2. The van der Waals surface area contributed by atoms with E-state index in [0.29, 0.717) is 59.8 Å². The summed E-state index contributed by atoms with van der Waals surface area (Å²) in [6.07, 6.45) is 1.72. The summed E-state index contributed by atoms with van der Waals surface area (Å²) < 4.78 is 43.9. The van der Waals surface area contributed by atoms with Gasteiger partial charge < -0.3 is 48.1 Å². The Morgan fingerprint density at radius 1 is 0.481 bits per heavy atom. The molecule has 2 heterocycles. The first kappa shape index (κ1) is 38.0. The van der Waals surface area contributed by atoms with E-state index in [1.54, 1.807) is 52.7 Å². The Morgan fingerprint density at radius 2 is 0.833 bits per heavy atom. The third-order valence-corrected chi connectivity index (χ3v) is 10.4. The molecule has 0 saturated carbocycles. The van der Waals surface area contributed by atoms with Gasteiger partial charge in [-0.05, 0) is 96.5 Å². The molecule has 4 aromatic rings. The molecule has 2 aliphatic heterocycles. The number of carbonyl (C=O) groups is 2. The number of ether oxygens (including phenoxy) is 8. The summed E-state index contributed by atoms with van der Waals surface area (Å²) in [5.74, 6) is 0.519. The number of aromatic hydroxyl groups is 2. The average Bonchev–Trinajstić information content (AvgIpc) is 3.71. The van der Waals surface area contributed by atoms with Crippen LogP contribution in [-0.2, 0) is 44.7 Å². The van der Waals surface area contributed by atoms with Gasteiger partial charge in [-0.3, -0.25) is 9.59 Å². The van der Waals surface area contributed by atoms with Gasteiger partial charge >= 0.3 is 11.9 Å². The topological polar surface area (TPSA) is 148 Å². The number of benzene rings is 4.